The summed E-state index contributed by atoms with van der Waals surface area (Å²) in [6.07, 6.45) is 4.59. The lowest BCUT2D eigenvalue weighted by Crippen LogP contribution is -2.47. The Morgan fingerprint density at radius 1 is 1.18 bits per heavy atom. The summed E-state index contributed by atoms with van der Waals surface area (Å²) in [4.78, 5) is 26.1. The average molecular weight is 304 g/mol. The molecule has 120 valence electrons. The van der Waals surface area contributed by atoms with Gasteiger partial charge in [-0.2, -0.15) is 0 Å². The van der Waals surface area contributed by atoms with Crippen molar-refractivity contribution in [2.24, 2.45) is 5.41 Å². The van der Waals surface area contributed by atoms with E-state index in [4.69, 9.17) is 4.42 Å². The highest BCUT2D eigenvalue weighted by Crippen LogP contribution is 2.39. The summed E-state index contributed by atoms with van der Waals surface area (Å²) in [6, 6.07) is 1.40. The Hall–Kier alpha value is -1.62. The van der Waals surface area contributed by atoms with Crippen LogP contribution in [0.5, 0.6) is 0 Å². The van der Waals surface area contributed by atoms with E-state index in [1.807, 2.05) is 4.90 Å². The summed E-state index contributed by atoms with van der Waals surface area (Å²) >= 11 is 0. The number of nitrogens with zero attached hydrogens (tertiary/aromatic N) is 1. The molecule has 1 aromatic rings. The molecule has 2 fully saturated rings. The van der Waals surface area contributed by atoms with Gasteiger partial charge in [0.05, 0.1) is 5.56 Å². The van der Waals surface area contributed by atoms with Crippen LogP contribution >= 0.6 is 0 Å². The number of rotatable bonds is 1. The van der Waals surface area contributed by atoms with Crippen LogP contribution in [0.25, 0.3) is 0 Å². The third-order valence-corrected chi connectivity index (χ3v) is 5.32. The molecule has 0 aliphatic carbocycles. The SMILES string of the molecule is Cc1cc(=O)oc(C)c1C(=O)N1CCC2(CCNCC2)CC1. The van der Waals surface area contributed by atoms with Crippen molar-refractivity contribution in [1.82, 2.24) is 10.2 Å². The van der Waals surface area contributed by atoms with Crippen LogP contribution in [0.3, 0.4) is 0 Å². The Morgan fingerprint density at radius 3 is 2.41 bits per heavy atom. The maximum atomic E-state index is 12.8. The Labute approximate surface area is 130 Å². The first kappa shape index (κ1) is 15.3. The van der Waals surface area contributed by atoms with Gasteiger partial charge in [-0.3, -0.25) is 4.79 Å². The molecule has 22 heavy (non-hydrogen) atoms. The number of amides is 1. The molecule has 1 N–H and O–H groups in total. The summed E-state index contributed by atoms with van der Waals surface area (Å²) in [5, 5.41) is 3.41. The van der Waals surface area contributed by atoms with Crippen LogP contribution in [0.2, 0.25) is 0 Å². The van der Waals surface area contributed by atoms with Crippen molar-refractivity contribution in [2.75, 3.05) is 26.2 Å². The van der Waals surface area contributed by atoms with Gasteiger partial charge in [0.15, 0.2) is 0 Å². The van der Waals surface area contributed by atoms with E-state index >= 15 is 0 Å². The maximum absolute atomic E-state index is 12.8. The molecule has 3 heterocycles. The predicted octanol–water partition coefficient (Wildman–Crippen LogP) is 1.86. The number of nitrogens with one attached hydrogen (secondary N) is 1. The molecule has 5 heteroatoms. The van der Waals surface area contributed by atoms with Crippen molar-refractivity contribution in [1.29, 1.82) is 0 Å². The first-order chi connectivity index (χ1) is 10.5. The van der Waals surface area contributed by atoms with Crippen LogP contribution in [-0.2, 0) is 0 Å². The largest absolute Gasteiger partial charge is 0.427 e. The standard InChI is InChI=1S/C17H24N2O3/c1-12-11-14(20)22-13(2)15(12)16(21)19-9-5-17(6-10-19)3-7-18-8-4-17/h11,18H,3-10H2,1-2H3. The molecule has 1 aromatic heterocycles. The Bertz CT molecular complexity index is 593. The molecular weight excluding hydrogens is 280 g/mol. The van der Waals surface area contributed by atoms with Gasteiger partial charge in [0.25, 0.3) is 5.91 Å². The van der Waals surface area contributed by atoms with Crippen LogP contribution < -0.4 is 10.9 Å². The number of piperidine rings is 2. The van der Waals surface area contributed by atoms with Crippen molar-refractivity contribution in [3.8, 4) is 0 Å². The Morgan fingerprint density at radius 2 is 1.82 bits per heavy atom. The van der Waals surface area contributed by atoms with E-state index in [0.717, 1.165) is 39.0 Å². The van der Waals surface area contributed by atoms with Gasteiger partial charge in [0, 0.05) is 19.2 Å². The van der Waals surface area contributed by atoms with Gasteiger partial charge < -0.3 is 14.6 Å². The summed E-state index contributed by atoms with van der Waals surface area (Å²) in [7, 11) is 0. The maximum Gasteiger partial charge on any atom is 0.336 e. The third-order valence-electron chi connectivity index (χ3n) is 5.32. The van der Waals surface area contributed by atoms with Crippen molar-refractivity contribution < 1.29 is 9.21 Å². The summed E-state index contributed by atoms with van der Waals surface area (Å²) in [6.45, 7) is 7.29. The van der Waals surface area contributed by atoms with E-state index in [2.05, 4.69) is 5.32 Å². The highest BCUT2D eigenvalue weighted by atomic mass is 16.4. The highest BCUT2D eigenvalue weighted by Gasteiger charge is 2.37. The summed E-state index contributed by atoms with van der Waals surface area (Å²) in [5.41, 5.74) is 1.30. The van der Waals surface area contributed by atoms with Crippen LogP contribution in [0, 0.1) is 19.3 Å². The van der Waals surface area contributed by atoms with E-state index in [1.54, 1.807) is 13.8 Å². The average Bonchev–Trinajstić information content (AvgIpc) is 2.47. The lowest BCUT2D eigenvalue weighted by molar-refractivity contribution is 0.0492. The van der Waals surface area contributed by atoms with E-state index < -0.39 is 0 Å². The van der Waals surface area contributed by atoms with Gasteiger partial charge in [-0.15, -0.1) is 0 Å². The molecule has 0 bridgehead atoms. The predicted molar refractivity (Wildman–Crippen MR) is 84.1 cm³/mol. The minimum absolute atomic E-state index is 0.00235. The van der Waals surface area contributed by atoms with Gasteiger partial charge in [-0.25, -0.2) is 4.79 Å². The molecule has 2 saturated heterocycles. The second-order valence-electron chi connectivity index (χ2n) is 6.72. The molecule has 0 saturated carbocycles. The first-order valence-corrected chi connectivity index (χ1v) is 8.12. The van der Waals surface area contributed by atoms with Crippen molar-refractivity contribution >= 4 is 5.91 Å². The number of carbonyl (C=O) groups is 1. The fourth-order valence-electron chi connectivity index (χ4n) is 3.88. The van der Waals surface area contributed by atoms with Gasteiger partial charge in [0.1, 0.15) is 5.76 Å². The second kappa shape index (κ2) is 5.88. The molecule has 1 spiro atoms. The molecule has 0 aromatic carbocycles. The molecule has 0 unspecified atom stereocenters. The number of carbonyl (C=O) groups excluding carboxylic acids is 1. The lowest BCUT2D eigenvalue weighted by atomic mass is 9.71. The molecule has 5 nitrogen and oxygen atoms in total. The molecule has 2 aliphatic heterocycles. The molecule has 0 atom stereocenters. The smallest absolute Gasteiger partial charge is 0.336 e. The van der Waals surface area contributed by atoms with Crippen LogP contribution in [0.4, 0.5) is 0 Å². The minimum Gasteiger partial charge on any atom is -0.427 e. The lowest BCUT2D eigenvalue weighted by Gasteiger charge is -2.44. The van der Waals surface area contributed by atoms with Crippen LogP contribution in [-0.4, -0.2) is 37.0 Å². The zero-order valence-electron chi connectivity index (χ0n) is 13.4. The monoisotopic (exact) mass is 304 g/mol. The third kappa shape index (κ3) is 2.82. The zero-order chi connectivity index (χ0) is 15.7. The molecule has 1 amide bonds. The van der Waals surface area contributed by atoms with E-state index in [0.29, 0.717) is 22.3 Å². The van der Waals surface area contributed by atoms with Gasteiger partial charge in [-0.05, 0) is 63.6 Å². The molecule has 3 rings (SSSR count). The van der Waals surface area contributed by atoms with Gasteiger partial charge in [0.2, 0.25) is 0 Å². The van der Waals surface area contributed by atoms with E-state index in [-0.39, 0.29) is 11.5 Å². The number of aryl methyl sites for hydroxylation is 2. The van der Waals surface area contributed by atoms with Crippen LogP contribution in [0.15, 0.2) is 15.3 Å². The zero-order valence-corrected chi connectivity index (χ0v) is 13.4. The van der Waals surface area contributed by atoms with Crippen molar-refractivity contribution in [3.63, 3.8) is 0 Å². The number of likely N-dealkylation sites (tertiary alicyclic amines) is 1. The van der Waals surface area contributed by atoms with Crippen LogP contribution in [0.1, 0.15) is 47.4 Å². The molecular formula is C17H24N2O3. The Kier molecular flexibility index (Phi) is 4.08. The molecule has 0 radical (unpaired) electrons. The summed E-state index contributed by atoms with van der Waals surface area (Å²) in [5.74, 6) is 0.430. The van der Waals surface area contributed by atoms with Gasteiger partial charge in [-0.1, -0.05) is 0 Å². The van der Waals surface area contributed by atoms with E-state index in [1.165, 1.54) is 18.9 Å². The second-order valence-corrected chi connectivity index (χ2v) is 6.72. The van der Waals surface area contributed by atoms with Crippen molar-refractivity contribution in [2.45, 2.75) is 39.5 Å². The number of hydrogen-bond donors (Lipinski definition) is 1. The Balaban J connectivity index is 1.74. The minimum atomic E-state index is -0.390. The van der Waals surface area contributed by atoms with Crippen molar-refractivity contribution in [3.05, 3.63) is 33.4 Å². The molecule has 2 aliphatic rings. The van der Waals surface area contributed by atoms with E-state index in [9.17, 15) is 9.59 Å². The topological polar surface area (TPSA) is 62.6 Å². The highest BCUT2D eigenvalue weighted by molar-refractivity contribution is 5.96. The number of hydrogen-bond acceptors (Lipinski definition) is 4. The fourth-order valence-corrected chi connectivity index (χ4v) is 3.88. The van der Waals surface area contributed by atoms with Gasteiger partial charge >= 0.3 is 5.63 Å². The first-order valence-electron chi connectivity index (χ1n) is 8.12. The summed E-state index contributed by atoms with van der Waals surface area (Å²) < 4.78 is 5.10. The normalized spacial score (nSPS) is 21.1. The fraction of sp³-hybridized carbons (Fsp3) is 0.647. The quantitative estimate of drug-likeness (QED) is 0.860.